The summed E-state index contributed by atoms with van der Waals surface area (Å²) in [4.78, 5) is 19.4. The van der Waals surface area contributed by atoms with E-state index in [2.05, 4.69) is 65.6 Å². The molecular weight excluding hydrogens is 488 g/mol. The second kappa shape index (κ2) is 10.4. The lowest BCUT2D eigenvalue weighted by Gasteiger charge is -2.13. The molecule has 188 valence electrons. The minimum atomic E-state index is 0.649. The van der Waals surface area contributed by atoms with E-state index < -0.39 is 0 Å². The Hall–Kier alpha value is -5.48. The van der Waals surface area contributed by atoms with Crippen molar-refractivity contribution in [3.8, 4) is 56.5 Å². The molecule has 5 aromatic carbocycles. The van der Waals surface area contributed by atoms with Gasteiger partial charge in [0.2, 0.25) is 0 Å². The van der Waals surface area contributed by atoms with Gasteiger partial charge in [-0.15, -0.1) is 0 Å². The minimum absolute atomic E-state index is 0.649. The molecule has 7 rings (SSSR count). The van der Waals surface area contributed by atoms with Gasteiger partial charge in [-0.1, -0.05) is 115 Å². The van der Waals surface area contributed by atoms with Crippen LogP contribution in [0.2, 0.25) is 0 Å². The molecule has 4 heteroatoms. The fourth-order valence-corrected chi connectivity index (χ4v) is 4.96. The Labute approximate surface area is 232 Å². The van der Waals surface area contributed by atoms with Gasteiger partial charge in [0.15, 0.2) is 17.5 Å². The highest BCUT2D eigenvalue weighted by atomic mass is 15.0. The zero-order chi connectivity index (χ0) is 26.7. The monoisotopic (exact) mass is 512 g/mol. The molecule has 0 unspecified atom stereocenters. The zero-order valence-corrected chi connectivity index (χ0v) is 21.6. The van der Waals surface area contributed by atoms with Gasteiger partial charge in [0, 0.05) is 28.5 Å². The summed E-state index contributed by atoms with van der Waals surface area (Å²) in [6.45, 7) is 0. The Morgan fingerprint density at radius 2 is 0.950 bits per heavy atom. The van der Waals surface area contributed by atoms with Gasteiger partial charge < -0.3 is 0 Å². The van der Waals surface area contributed by atoms with Crippen molar-refractivity contribution in [1.29, 1.82) is 0 Å². The highest BCUT2D eigenvalue weighted by Crippen LogP contribution is 2.35. The van der Waals surface area contributed by atoms with Crippen LogP contribution in [0.1, 0.15) is 0 Å². The van der Waals surface area contributed by atoms with E-state index in [1.807, 2.05) is 85.1 Å². The molecule has 0 saturated heterocycles. The molecule has 0 aliphatic rings. The van der Waals surface area contributed by atoms with Crippen molar-refractivity contribution >= 4 is 10.8 Å². The molecule has 0 radical (unpaired) electrons. The van der Waals surface area contributed by atoms with Crippen molar-refractivity contribution in [2.45, 2.75) is 0 Å². The normalized spacial score (nSPS) is 11.0. The van der Waals surface area contributed by atoms with Crippen molar-refractivity contribution < 1.29 is 0 Å². The number of aromatic nitrogens is 4. The first kappa shape index (κ1) is 23.6. The topological polar surface area (TPSA) is 51.6 Å². The van der Waals surface area contributed by atoms with Crippen LogP contribution in [0.25, 0.3) is 67.3 Å². The van der Waals surface area contributed by atoms with Gasteiger partial charge >= 0.3 is 0 Å². The van der Waals surface area contributed by atoms with Gasteiger partial charge in [0.1, 0.15) is 0 Å². The van der Waals surface area contributed by atoms with Crippen LogP contribution in [0.15, 0.2) is 146 Å². The maximum atomic E-state index is 5.01. The molecular formula is C36H24N4. The summed E-state index contributed by atoms with van der Waals surface area (Å²) in [5.41, 5.74) is 7.14. The molecule has 0 amide bonds. The lowest BCUT2D eigenvalue weighted by atomic mass is 9.95. The summed E-state index contributed by atoms with van der Waals surface area (Å²) in [6.07, 6.45) is 1.82. The number of nitrogens with zero attached hydrogens (tertiary/aromatic N) is 4. The SMILES string of the molecule is c1ccc(-c2nc(-c3ccccc3)nc(-c3cc(-c4ccc(-c5ccccn5)cc4)cc4ccccc34)n2)cc1. The first-order valence-electron chi connectivity index (χ1n) is 13.2. The lowest BCUT2D eigenvalue weighted by Crippen LogP contribution is -2.00. The van der Waals surface area contributed by atoms with Crippen LogP contribution in [0.5, 0.6) is 0 Å². The molecule has 0 atom stereocenters. The highest BCUT2D eigenvalue weighted by molar-refractivity contribution is 5.99. The molecule has 2 aromatic heterocycles. The lowest BCUT2D eigenvalue weighted by molar-refractivity contribution is 1.08. The van der Waals surface area contributed by atoms with Crippen LogP contribution in [0.3, 0.4) is 0 Å². The van der Waals surface area contributed by atoms with Crippen LogP contribution >= 0.6 is 0 Å². The molecule has 0 aliphatic heterocycles. The van der Waals surface area contributed by atoms with Gasteiger partial charge in [-0.3, -0.25) is 4.98 Å². The summed E-state index contributed by atoms with van der Waals surface area (Å²) >= 11 is 0. The second-order valence-electron chi connectivity index (χ2n) is 9.58. The summed E-state index contributed by atoms with van der Waals surface area (Å²) in [5.74, 6) is 1.95. The van der Waals surface area contributed by atoms with E-state index in [1.165, 1.54) is 0 Å². The quantitative estimate of drug-likeness (QED) is 0.231. The van der Waals surface area contributed by atoms with Gasteiger partial charge in [-0.25, -0.2) is 15.0 Å². The average molecular weight is 513 g/mol. The Morgan fingerprint density at radius 3 is 1.60 bits per heavy atom. The van der Waals surface area contributed by atoms with Crippen LogP contribution < -0.4 is 0 Å². The fraction of sp³-hybridized carbons (Fsp3) is 0. The number of hydrogen-bond acceptors (Lipinski definition) is 4. The molecule has 0 saturated carbocycles. The fourth-order valence-electron chi connectivity index (χ4n) is 4.96. The van der Waals surface area contributed by atoms with E-state index >= 15 is 0 Å². The predicted molar refractivity (Wildman–Crippen MR) is 162 cm³/mol. The van der Waals surface area contributed by atoms with Gasteiger partial charge in [-0.2, -0.15) is 0 Å². The number of pyridine rings is 1. The minimum Gasteiger partial charge on any atom is -0.256 e. The highest BCUT2D eigenvalue weighted by Gasteiger charge is 2.15. The van der Waals surface area contributed by atoms with E-state index in [4.69, 9.17) is 15.0 Å². The summed E-state index contributed by atoms with van der Waals surface area (Å²) in [7, 11) is 0. The van der Waals surface area contributed by atoms with Crippen molar-refractivity contribution in [3.05, 3.63) is 146 Å². The largest absolute Gasteiger partial charge is 0.256 e. The molecule has 0 bridgehead atoms. The number of benzene rings is 5. The van der Waals surface area contributed by atoms with E-state index in [9.17, 15) is 0 Å². The maximum absolute atomic E-state index is 5.01. The Balaban J connectivity index is 1.41. The third kappa shape index (κ3) is 4.63. The maximum Gasteiger partial charge on any atom is 0.164 e. The molecule has 0 spiro atoms. The van der Waals surface area contributed by atoms with Crippen molar-refractivity contribution in [1.82, 2.24) is 19.9 Å². The van der Waals surface area contributed by atoms with E-state index in [0.717, 1.165) is 49.8 Å². The van der Waals surface area contributed by atoms with E-state index in [0.29, 0.717) is 17.5 Å². The predicted octanol–water partition coefficient (Wildman–Crippen LogP) is 8.75. The molecule has 0 aliphatic carbocycles. The van der Waals surface area contributed by atoms with Crippen molar-refractivity contribution in [2.75, 3.05) is 0 Å². The molecule has 0 fully saturated rings. The van der Waals surface area contributed by atoms with Gasteiger partial charge in [0.25, 0.3) is 0 Å². The standard InChI is InChI=1S/C36H24N4/c1-3-11-27(12-4-1)34-38-35(28-13-5-2-6-14-28)40-36(39-34)32-24-30(23-29-15-7-8-16-31(29)32)25-18-20-26(21-19-25)33-17-9-10-22-37-33/h1-24H. The number of fused-ring (bicyclic) bond motifs is 1. The molecule has 0 N–H and O–H groups in total. The molecule has 7 aromatic rings. The summed E-state index contributed by atoms with van der Waals surface area (Å²) < 4.78 is 0. The zero-order valence-electron chi connectivity index (χ0n) is 21.6. The van der Waals surface area contributed by atoms with Crippen LogP contribution in [0, 0.1) is 0 Å². The summed E-state index contributed by atoms with van der Waals surface area (Å²) in [5, 5.41) is 2.23. The van der Waals surface area contributed by atoms with Crippen LogP contribution in [-0.2, 0) is 0 Å². The number of hydrogen-bond donors (Lipinski definition) is 0. The second-order valence-corrected chi connectivity index (χ2v) is 9.58. The third-order valence-corrected chi connectivity index (χ3v) is 6.98. The number of rotatable bonds is 5. The van der Waals surface area contributed by atoms with Crippen molar-refractivity contribution in [2.24, 2.45) is 0 Å². The molecule has 4 nitrogen and oxygen atoms in total. The van der Waals surface area contributed by atoms with Gasteiger partial charge in [-0.05, 0) is 46.2 Å². The van der Waals surface area contributed by atoms with E-state index in [1.54, 1.807) is 0 Å². The van der Waals surface area contributed by atoms with Crippen LogP contribution in [0.4, 0.5) is 0 Å². The third-order valence-electron chi connectivity index (χ3n) is 6.98. The first-order chi connectivity index (χ1) is 19.8. The smallest absolute Gasteiger partial charge is 0.164 e. The van der Waals surface area contributed by atoms with Gasteiger partial charge in [0.05, 0.1) is 5.69 Å². The van der Waals surface area contributed by atoms with Crippen molar-refractivity contribution in [3.63, 3.8) is 0 Å². The summed E-state index contributed by atoms with van der Waals surface area (Å²) in [6, 6.07) is 47.5. The molecule has 2 heterocycles. The molecule has 40 heavy (non-hydrogen) atoms. The first-order valence-corrected chi connectivity index (χ1v) is 13.2. The average Bonchev–Trinajstić information content (AvgIpc) is 3.05. The Kier molecular flexibility index (Phi) is 6.11. The Bertz CT molecular complexity index is 1860. The van der Waals surface area contributed by atoms with Crippen LogP contribution in [-0.4, -0.2) is 19.9 Å². The van der Waals surface area contributed by atoms with E-state index in [-0.39, 0.29) is 0 Å². The Morgan fingerprint density at radius 1 is 0.375 bits per heavy atom.